The highest BCUT2D eigenvalue weighted by Gasteiger charge is 2.30. The second-order valence-electron chi connectivity index (χ2n) is 7.65. The summed E-state index contributed by atoms with van der Waals surface area (Å²) < 4.78 is 18.5. The molecule has 0 aromatic heterocycles. The molecule has 1 saturated heterocycles. The molecule has 160 valence electrons. The number of hydrogen-bond acceptors (Lipinski definition) is 3. The van der Waals surface area contributed by atoms with Crippen LogP contribution in [0.1, 0.15) is 18.4 Å². The zero-order valence-corrected chi connectivity index (χ0v) is 17.4. The van der Waals surface area contributed by atoms with Gasteiger partial charge in [-0.05, 0) is 61.7 Å². The number of anilines is 1. The van der Waals surface area contributed by atoms with E-state index in [1.807, 2.05) is 31.2 Å². The summed E-state index contributed by atoms with van der Waals surface area (Å²) in [4.78, 5) is 28.8. The van der Waals surface area contributed by atoms with Crippen LogP contribution in [-0.2, 0) is 4.79 Å². The summed E-state index contributed by atoms with van der Waals surface area (Å²) in [5, 5.41) is 2.91. The molecule has 2 aromatic rings. The molecule has 6 nitrogen and oxygen atoms in total. The predicted octanol–water partition coefficient (Wildman–Crippen LogP) is 3.92. The van der Waals surface area contributed by atoms with Crippen molar-refractivity contribution in [2.24, 2.45) is 5.92 Å². The van der Waals surface area contributed by atoms with E-state index < -0.39 is 0 Å². The zero-order valence-electron chi connectivity index (χ0n) is 17.4. The molecule has 7 heteroatoms. The molecule has 0 spiro atoms. The Morgan fingerprint density at radius 2 is 2.00 bits per heavy atom. The average molecular weight is 413 g/mol. The van der Waals surface area contributed by atoms with Crippen molar-refractivity contribution in [1.82, 2.24) is 9.80 Å². The van der Waals surface area contributed by atoms with Gasteiger partial charge in [0.05, 0.1) is 12.5 Å². The molecule has 1 aliphatic heterocycles. The lowest BCUT2D eigenvalue weighted by molar-refractivity contribution is -0.135. The highest BCUT2D eigenvalue weighted by Crippen LogP contribution is 2.20. The summed E-state index contributed by atoms with van der Waals surface area (Å²) in [6.07, 6.45) is 1.55. The van der Waals surface area contributed by atoms with Crippen molar-refractivity contribution in [2.75, 3.05) is 38.6 Å². The van der Waals surface area contributed by atoms with E-state index in [4.69, 9.17) is 4.74 Å². The quantitative estimate of drug-likeness (QED) is 0.781. The number of ether oxygens (including phenoxy) is 1. The number of amides is 3. The minimum atomic E-state index is -0.317. The molecule has 0 radical (unpaired) electrons. The second-order valence-corrected chi connectivity index (χ2v) is 7.65. The van der Waals surface area contributed by atoms with Crippen molar-refractivity contribution < 1.29 is 18.7 Å². The lowest BCUT2D eigenvalue weighted by Crippen LogP contribution is -2.47. The highest BCUT2D eigenvalue weighted by atomic mass is 19.1. The Labute approximate surface area is 176 Å². The zero-order chi connectivity index (χ0) is 21.5. The van der Waals surface area contributed by atoms with E-state index in [1.165, 1.54) is 12.1 Å². The van der Waals surface area contributed by atoms with Crippen LogP contribution >= 0.6 is 0 Å². The van der Waals surface area contributed by atoms with Crippen molar-refractivity contribution in [3.8, 4) is 5.75 Å². The van der Waals surface area contributed by atoms with Crippen molar-refractivity contribution in [3.05, 3.63) is 59.9 Å². The number of urea groups is 1. The van der Waals surface area contributed by atoms with Gasteiger partial charge in [-0.15, -0.1) is 0 Å². The number of likely N-dealkylation sites (N-methyl/N-ethyl adjacent to an activating group) is 1. The first kappa shape index (κ1) is 21.6. The molecule has 1 heterocycles. The van der Waals surface area contributed by atoms with Gasteiger partial charge in [-0.3, -0.25) is 4.79 Å². The van der Waals surface area contributed by atoms with E-state index >= 15 is 0 Å². The van der Waals surface area contributed by atoms with Crippen LogP contribution < -0.4 is 10.1 Å². The number of carbonyl (C=O) groups excluding carboxylic acids is 2. The van der Waals surface area contributed by atoms with Crippen LogP contribution in [0.4, 0.5) is 14.9 Å². The van der Waals surface area contributed by atoms with Gasteiger partial charge < -0.3 is 19.9 Å². The van der Waals surface area contributed by atoms with Crippen LogP contribution in [0.3, 0.4) is 0 Å². The first-order valence-corrected chi connectivity index (χ1v) is 10.2. The third-order valence-corrected chi connectivity index (χ3v) is 5.21. The number of nitrogens with one attached hydrogen (secondary N) is 1. The number of carbonyl (C=O) groups is 2. The van der Waals surface area contributed by atoms with Gasteiger partial charge in [0.1, 0.15) is 18.2 Å². The molecule has 1 aliphatic rings. The molecule has 0 bridgehead atoms. The van der Waals surface area contributed by atoms with Crippen molar-refractivity contribution in [2.45, 2.75) is 19.8 Å². The molecular weight excluding hydrogens is 385 g/mol. The number of nitrogens with zero attached hydrogens (tertiary/aromatic N) is 2. The SMILES string of the molecule is Cc1cccc(NC(=O)N2CCCC(C(=O)N(C)CCOc3ccc(F)cc3)C2)c1. The van der Waals surface area contributed by atoms with Gasteiger partial charge >= 0.3 is 6.03 Å². The molecule has 1 fully saturated rings. The fourth-order valence-electron chi connectivity index (χ4n) is 3.54. The monoisotopic (exact) mass is 413 g/mol. The van der Waals surface area contributed by atoms with Crippen molar-refractivity contribution >= 4 is 17.6 Å². The van der Waals surface area contributed by atoms with Gasteiger partial charge in [-0.25, -0.2) is 9.18 Å². The van der Waals surface area contributed by atoms with Crippen LogP contribution in [0.15, 0.2) is 48.5 Å². The Bertz CT molecular complexity index is 872. The van der Waals surface area contributed by atoms with E-state index in [1.54, 1.807) is 29.0 Å². The maximum Gasteiger partial charge on any atom is 0.321 e. The third kappa shape index (κ3) is 5.95. The fraction of sp³-hybridized carbons (Fsp3) is 0.391. The summed E-state index contributed by atoms with van der Waals surface area (Å²) in [6, 6.07) is 13.3. The number of rotatable bonds is 6. The van der Waals surface area contributed by atoms with E-state index in [2.05, 4.69) is 5.32 Å². The lowest BCUT2D eigenvalue weighted by atomic mass is 9.97. The van der Waals surface area contributed by atoms with Crippen LogP contribution in [0.25, 0.3) is 0 Å². The molecule has 1 atom stereocenters. The van der Waals surface area contributed by atoms with Gasteiger partial charge in [0.2, 0.25) is 5.91 Å². The highest BCUT2D eigenvalue weighted by molar-refractivity contribution is 5.90. The van der Waals surface area contributed by atoms with Crippen molar-refractivity contribution in [1.29, 1.82) is 0 Å². The number of aryl methyl sites for hydroxylation is 1. The Hall–Kier alpha value is -3.09. The smallest absolute Gasteiger partial charge is 0.321 e. The predicted molar refractivity (Wildman–Crippen MR) is 114 cm³/mol. The van der Waals surface area contributed by atoms with E-state index in [0.717, 1.165) is 24.1 Å². The second kappa shape index (κ2) is 10.1. The van der Waals surface area contributed by atoms with Crippen molar-refractivity contribution in [3.63, 3.8) is 0 Å². The molecule has 30 heavy (non-hydrogen) atoms. The van der Waals surface area contributed by atoms with Crippen LogP contribution in [0, 0.1) is 18.7 Å². The molecular formula is C23H28FN3O3. The maximum atomic E-state index is 12.9. The van der Waals surface area contributed by atoms with E-state index in [0.29, 0.717) is 32.0 Å². The minimum Gasteiger partial charge on any atom is -0.492 e. The normalized spacial score (nSPS) is 16.1. The summed E-state index contributed by atoms with van der Waals surface area (Å²) in [6.45, 7) is 3.75. The van der Waals surface area contributed by atoms with Gasteiger partial charge in [0.25, 0.3) is 0 Å². The van der Waals surface area contributed by atoms with Gasteiger partial charge in [0, 0.05) is 25.8 Å². The summed E-state index contributed by atoms with van der Waals surface area (Å²) in [5.74, 6) is 0.0282. The molecule has 0 saturated carbocycles. The number of hydrogen-bond donors (Lipinski definition) is 1. The van der Waals surface area contributed by atoms with Crippen LogP contribution in [0.5, 0.6) is 5.75 Å². The standard InChI is InChI=1S/C23H28FN3O3/c1-17-5-3-7-20(15-17)25-23(29)27-12-4-6-18(16-27)22(28)26(2)13-14-30-21-10-8-19(24)9-11-21/h3,5,7-11,15,18H,4,6,12-14,16H2,1-2H3,(H,25,29). The van der Waals surface area contributed by atoms with Gasteiger partial charge in [0.15, 0.2) is 0 Å². The Balaban J connectivity index is 1.47. The Morgan fingerprint density at radius 1 is 1.23 bits per heavy atom. The summed E-state index contributed by atoms with van der Waals surface area (Å²) >= 11 is 0. The van der Waals surface area contributed by atoms with Crippen LogP contribution in [-0.4, -0.2) is 55.0 Å². The number of halogens is 1. The third-order valence-electron chi connectivity index (χ3n) is 5.21. The Kier molecular flexibility index (Phi) is 7.27. The summed E-state index contributed by atoms with van der Waals surface area (Å²) in [7, 11) is 1.74. The average Bonchev–Trinajstić information content (AvgIpc) is 2.74. The maximum absolute atomic E-state index is 12.9. The topological polar surface area (TPSA) is 61.9 Å². The number of likely N-dealkylation sites (tertiary alicyclic amines) is 1. The molecule has 1 unspecified atom stereocenters. The summed E-state index contributed by atoms with van der Waals surface area (Å²) in [5.41, 5.74) is 1.83. The molecule has 3 rings (SSSR count). The lowest BCUT2D eigenvalue weighted by Gasteiger charge is -2.34. The van der Waals surface area contributed by atoms with E-state index in [9.17, 15) is 14.0 Å². The molecule has 1 N–H and O–H groups in total. The molecule has 0 aliphatic carbocycles. The number of piperidine rings is 1. The first-order chi connectivity index (χ1) is 14.4. The fourth-order valence-corrected chi connectivity index (χ4v) is 3.54. The molecule has 2 aromatic carbocycles. The largest absolute Gasteiger partial charge is 0.492 e. The van der Waals surface area contributed by atoms with Gasteiger partial charge in [-0.1, -0.05) is 12.1 Å². The minimum absolute atomic E-state index is 0.00533. The van der Waals surface area contributed by atoms with E-state index in [-0.39, 0.29) is 23.7 Å². The Morgan fingerprint density at radius 3 is 2.73 bits per heavy atom. The first-order valence-electron chi connectivity index (χ1n) is 10.2. The van der Waals surface area contributed by atoms with Gasteiger partial charge in [-0.2, -0.15) is 0 Å². The number of benzene rings is 2. The molecule has 3 amide bonds. The van der Waals surface area contributed by atoms with Crippen LogP contribution in [0.2, 0.25) is 0 Å².